The monoisotopic (exact) mass is 400 g/mol. The van der Waals surface area contributed by atoms with E-state index in [1.54, 1.807) is 0 Å². The molecule has 0 aromatic heterocycles. The van der Waals surface area contributed by atoms with Crippen LogP contribution in [0, 0.1) is 0 Å². The van der Waals surface area contributed by atoms with Crippen LogP contribution in [0.1, 0.15) is 11.1 Å². The van der Waals surface area contributed by atoms with Crippen LogP contribution >= 0.6 is 23.2 Å². The van der Waals surface area contributed by atoms with Crippen molar-refractivity contribution in [2.75, 3.05) is 0 Å². The molecule has 0 heterocycles. The van der Waals surface area contributed by atoms with E-state index in [2.05, 4.69) is 36.4 Å². The first-order valence-corrected chi connectivity index (χ1v) is 9.66. The summed E-state index contributed by atoms with van der Waals surface area (Å²) < 4.78 is 0. The molecule has 0 fully saturated rings. The van der Waals surface area contributed by atoms with Crippen LogP contribution < -0.4 is 0 Å². The molecule has 0 atom stereocenters. The van der Waals surface area contributed by atoms with E-state index in [0.29, 0.717) is 10.0 Å². The molecular formula is C24H14Cl2N2. The predicted molar refractivity (Wildman–Crippen MR) is 119 cm³/mol. The van der Waals surface area contributed by atoms with E-state index in [-0.39, 0.29) is 0 Å². The van der Waals surface area contributed by atoms with Crippen LogP contribution in [0.4, 0.5) is 11.4 Å². The zero-order chi connectivity index (χ0) is 19.1. The highest BCUT2D eigenvalue weighted by Gasteiger charge is 2.27. The van der Waals surface area contributed by atoms with E-state index in [4.69, 9.17) is 33.2 Å². The molecule has 0 bridgehead atoms. The molecule has 0 amide bonds. The van der Waals surface area contributed by atoms with Crippen molar-refractivity contribution in [3.05, 3.63) is 106 Å². The predicted octanol–water partition coefficient (Wildman–Crippen LogP) is 7.40. The second-order valence-electron chi connectivity index (χ2n) is 6.59. The number of rotatable bonds is 2. The van der Waals surface area contributed by atoms with Crippen molar-refractivity contribution < 1.29 is 0 Å². The molecule has 0 aliphatic heterocycles. The lowest BCUT2D eigenvalue weighted by Gasteiger charge is -2.04. The van der Waals surface area contributed by atoms with Gasteiger partial charge in [0.05, 0.1) is 22.8 Å². The molecular weight excluding hydrogens is 387 g/mol. The normalized spacial score (nSPS) is 15.6. The van der Waals surface area contributed by atoms with Crippen LogP contribution in [0.3, 0.4) is 0 Å². The highest BCUT2D eigenvalue weighted by molar-refractivity contribution is 6.61. The minimum atomic E-state index is 0.656. The van der Waals surface area contributed by atoms with Crippen molar-refractivity contribution in [2.24, 2.45) is 9.98 Å². The van der Waals surface area contributed by atoms with Gasteiger partial charge >= 0.3 is 0 Å². The molecule has 0 N–H and O–H groups in total. The van der Waals surface area contributed by atoms with Gasteiger partial charge < -0.3 is 0 Å². The number of halogens is 2. The second kappa shape index (κ2) is 6.90. The van der Waals surface area contributed by atoms with Crippen LogP contribution in [0.25, 0.3) is 10.8 Å². The largest absolute Gasteiger partial charge is 0.246 e. The van der Waals surface area contributed by atoms with E-state index < -0.39 is 0 Å². The fourth-order valence-electron chi connectivity index (χ4n) is 3.57. The maximum atomic E-state index is 6.17. The Morgan fingerprint density at radius 3 is 1.46 bits per heavy atom. The van der Waals surface area contributed by atoms with E-state index in [1.807, 2.05) is 48.5 Å². The Balaban J connectivity index is 1.79. The van der Waals surface area contributed by atoms with Gasteiger partial charge in [0.2, 0.25) is 0 Å². The van der Waals surface area contributed by atoms with E-state index >= 15 is 0 Å². The number of hydrogen-bond donors (Lipinski definition) is 0. The van der Waals surface area contributed by atoms with E-state index in [9.17, 15) is 0 Å². The van der Waals surface area contributed by atoms with Crippen molar-refractivity contribution in [3.63, 3.8) is 0 Å². The lowest BCUT2D eigenvalue weighted by molar-refractivity contribution is 1.50. The van der Waals surface area contributed by atoms with Crippen molar-refractivity contribution in [2.45, 2.75) is 0 Å². The smallest absolute Gasteiger partial charge is 0.0978 e. The summed E-state index contributed by atoms with van der Waals surface area (Å²) in [5, 5.41) is 3.66. The van der Waals surface area contributed by atoms with Crippen LogP contribution in [0.15, 0.2) is 94.9 Å². The van der Waals surface area contributed by atoms with Gasteiger partial charge in [-0.15, -0.1) is 0 Å². The third-order valence-corrected chi connectivity index (χ3v) is 5.21. The fourth-order valence-corrected chi connectivity index (χ4v) is 3.94. The Kier molecular flexibility index (Phi) is 4.23. The van der Waals surface area contributed by atoms with Gasteiger partial charge in [-0.1, -0.05) is 71.7 Å². The van der Waals surface area contributed by atoms with Gasteiger partial charge in [-0.25, -0.2) is 9.98 Å². The van der Waals surface area contributed by atoms with Gasteiger partial charge in [-0.05, 0) is 41.8 Å². The van der Waals surface area contributed by atoms with E-state index in [1.165, 1.54) is 10.8 Å². The maximum Gasteiger partial charge on any atom is 0.0978 e. The summed E-state index contributed by atoms with van der Waals surface area (Å²) in [7, 11) is 0. The molecule has 4 heteroatoms. The van der Waals surface area contributed by atoms with Crippen LogP contribution in [-0.4, -0.2) is 11.4 Å². The van der Waals surface area contributed by atoms with Gasteiger partial charge in [-0.3, -0.25) is 0 Å². The molecule has 0 saturated heterocycles. The molecule has 1 aliphatic carbocycles. The third kappa shape index (κ3) is 3.01. The van der Waals surface area contributed by atoms with Gasteiger partial charge in [0, 0.05) is 26.6 Å². The van der Waals surface area contributed by atoms with Gasteiger partial charge in [0.25, 0.3) is 0 Å². The van der Waals surface area contributed by atoms with E-state index in [0.717, 1.165) is 33.9 Å². The standard InChI is InChI=1S/C24H14Cl2N2/c25-16-7-3-9-18(13-16)27-23-20-11-1-5-15-6-2-12-21(22(15)20)24(23)28-19-10-4-8-17(26)14-19/h1-14H. The highest BCUT2D eigenvalue weighted by Crippen LogP contribution is 2.34. The molecule has 0 spiro atoms. The Hall–Kier alpha value is -2.94. The summed E-state index contributed by atoms with van der Waals surface area (Å²) in [6.45, 7) is 0. The zero-order valence-corrected chi connectivity index (χ0v) is 16.2. The number of nitrogens with zero attached hydrogens (tertiary/aromatic N) is 2. The summed E-state index contributed by atoms with van der Waals surface area (Å²) in [5.41, 5.74) is 5.43. The number of aliphatic imine (C=N–C) groups is 2. The number of hydrogen-bond acceptors (Lipinski definition) is 2. The van der Waals surface area contributed by atoms with Crippen molar-refractivity contribution >= 4 is 56.8 Å². The highest BCUT2D eigenvalue weighted by atomic mass is 35.5. The Morgan fingerprint density at radius 1 is 0.536 bits per heavy atom. The summed E-state index contributed by atoms with van der Waals surface area (Å²) >= 11 is 12.3. The first-order chi connectivity index (χ1) is 13.7. The van der Waals surface area contributed by atoms with Gasteiger partial charge in [-0.2, -0.15) is 0 Å². The Bertz CT molecular complexity index is 1190. The molecule has 5 rings (SSSR count). The van der Waals surface area contributed by atoms with Crippen molar-refractivity contribution in [1.82, 2.24) is 0 Å². The lowest BCUT2D eigenvalue weighted by atomic mass is 10.1. The molecule has 0 saturated carbocycles. The molecule has 0 radical (unpaired) electrons. The molecule has 2 nitrogen and oxygen atoms in total. The molecule has 4 aromatic rings. The second-order valence-corrected chi connectivity index (χ2v) is 7.46. The third-order valence-electron chi connectivity index (χ3n) is 4.74. The topological polar surface area (TPSA) is 24.7 Å². The Morgan fingerprint density at radius 2 is 1.00 bits per heavy atom. The van der Waals surface area contributed by atoms with Crippen LogP contribution in [-0.2, 0) is 0 Å². The summed E-state index contributed by atoms with van der Waals surface area (Å²) in [6.07, 6.45) is 0. The first-order valence-electron chi connectivity index (χ1n) is 8.90. The summed E-state index contributed by atoms with van der Waals surface area (Å²) in [4.78, 5) is 9.85. The zero-order valence-electron chi connectivity index (χ0n) is 14.7. The lowest BCUT2D eigenvalue weighted by Crippen LogP contribution is -2.10. The molecule has 134 valence electrons. The molecule has 0 unspecified atom stereocenters. The maximum absolute atomic E-state index is 6.17. The minimum Gasteiger partial charge on any atom is -0.246 e. The van der Waals surface area contributed by atoms with Gasteiger partial charge in [0.15, 0.2) is 0 Å². The minimum absolute atomic E-state index is 0.656. The summed E-state index contributed by atoms with van der Waals surface area (Å²) in [5.74, 6) is 0. The fraction of sp³-hybridized carbons (Fsp3) is 0. The van der Waals surface area contributed by atoms with Crippen molar-refractivity contribution in [3.8, 4) is 0 Å². The quantitative estimate of drug-likeness (QED) is 0.334. The van der Waals surface area contributed by atoms with Crippen LogP contribution in [0.2, 0.25) is 10.0 Å². The number of benzene rings is 4. The molecule has 28 heavy (non-hydrogen) atoms. The summed E-state index contributed by atoms with van der Waals surface area (Å²) in [6, 6.07) is 27.6. The average molecular weight is 401 g/mol. The van der Waals surface area contributed by atoms with Gasteiger partial charge in [0.1, 0.15) is 0 Å². The Labute approximate surface area is 172 Å². The average Bonchev–Trinajstić information content (AvgIpc) is 2.97. The van der Waals surface area contributed by atoms with Crippen LogP contribution in [0.5, 0.6) is 0 Å². The molecule has 4 aromatic carbocycles. The van der Waals surface area contributed by atoms with Crippen molar-refractivity contribution in [1.29, 1.82) is 0 Å². The molecule has 1 aliphatic rings. The first kappa shape index (κ1) is 17.2. The SMILES string of the molecule is Clc1cccc(N=C2C(=Nc3cccc(Cl)c3)c3cccc4cccc2c34)c1.